The van der Waals surface area contributed by atoms with Crippen LogP contribution in [0.4, 0.5) is 0 Å². The fourth-order valence-corrected chi connectivity index (χ4v) is 7.85. The van der Waals surface area contributed by atoms with Crippen molar-refractivity contribution >= 4 is 64.2 Å². The van der Waals surface area contributed by atoms with Crippen molar-refractivity contribution in [1.82, 2.24) is 19.9 Å². The van der Waals surface area contributed by atoms with E-state index in [0.717, 1.165) is 64.3 Å². The standard InChI is InChI=1S/C42H24N4OS/c1-3-12-25(13-4-1)39-44-40(46-41(45-39)32-22-27-16-7-8-17-28(27)29-18-9-10-19-30(29)32)31-20-11-21-36-38(31)33-23-34-35(24-37(33)48-36)47-42(43-34)26-14-5-2-6-15-26/h1-24H. The molecule has 6 heteroatoms. The molecule has 0 bridgehead atoms. The average molecular weight is 633 g/mol. The molecule has 0 aliphatic carbocycles. The molecule has 0 aliphatic heterocycles. The number of rotatable bonds is 4. The minimum absolute atomic E-state index is 0.616. The molecule has 224 valence electrons. The lowest BCUT2D eigenvalue weighted by atomic mass is 9.96. The van der Waals surface area contributed by atoms with Crippen molar-refractivity contribution < 1.29 is 4.42 Å². The molecule has 0 radical (unpaired) electrons. The van der Waals surface area contributed by atoms with E-state index in [9.17, 15) is 0 Å². The molecule has 0 amide bonds. The van der Waals surface area contributed by atoms with Gasteiger partial charge in [-0.3, -0.25) is 0 Å². The van der Waals surface area contributed by atoms with Crippen LogP contribution < -0.4 is 0 Å². The first-order chi connectivity index (χ1) is 23.8. The predicted octanol–water partition coefficient (Wildman–Crippen LogP) is 11.4. The summed E-state index contributed by atoms with van der Waals surface area (Å²) in [6.45, 7) is 0. The van der Waals surface area contributed by atoms with E-state index >= 15 is 0 Å². The number of hydrogen-bond acceptors (Lipinski definition) is 6. The van der Waals surface area contributed by atoms with Gasteiger partial charge in [-0.1, -0.05) is 109 Å². The molecule has 48 heavy (non-hydrogen) atoms. The summed E-state index contributed by atoms with van der Waals surface area (Å²) in [4.78, 5) is 20.4. The van der Waals surface area contributed by atoms with Crippen molar-refractivity contribution in [2.75, 3.05) is 0 Å². The zero-order chi connectivity index (χ0) is 31.6. The highest BCUT2D eigenvalue weighted by Crippen LogP contribution is 2.42. The molecule has 5 nitrogen and oxygen atoms in total. The van der Waals surface area contributed by atoms with Gasteiger partial charge in [0, 0.05) is 48.5 Å². The van der Waals surface area contributed by atoms with Gasteiger partial charge in [0.1, 0.15) is 5.52 Å². The van der Waals surface area contributed by atoms with Crippen molar-refractivity contribution in [2.45, 2.75) is 0 Å². The Bertz CT molecular complexity index is 2840. The Labute approximate surface area is 278 Å². The second-order valence-electron chi connectivity index (χ2n) is 11.8. The molecule has 10 aromatic rings. The van der Waals surface area contributed by atoms with Gasteiger partial charge in [0.25, 0.3) is 0 Å². The highest BCUT2D eigenvalue weighted by molar-refractivity contribution is 7.26. The molecular weight excluding hydrogens is 609 g/mol. The minimum atomic E-state index is 0.616. The summed E-state index contributed by atoms with van der Waals surface area (Å²) in [7, 11) is 0. The maximum atomic E-state index is 6.23. The van der Waals surface area contributed by atoms with E-state index in [4.69, 9.17) is 24.4 Å². The average Bonchev–Trinajstić information content (AvgIpc) is 3.74. The van der Waals surface area contributed by atoms with Crippen LogP contribution in [0.25, 0.3) is 98.4 Å². The molecule has 0 spiro atoms. The molecule has 0 aliphatic rings. The summed E-state index contributed by atoms with van der Waals surface area (Å²) in [5, 5.41) is 6.83. The summed E-state index contributed by atoms with van der Waals surface area (Å²) in [5.41, 5.74) is 5.41. The van der Waals surface area contributed by atoms with Gasteiger partial charge in [-0.05, 0) is 51.9 Å². The number of hydrogen-bond donors (Lipinski definition) is 0. The summed E-state index contributed by atoms with van der Waals surface area (Å²) in [6, 6.07) is 49.9. The predicted molar refractivity (Wildman–Crippen MR) is 197 cm³/mol. The van der Waals surface area contributed by atoms with E-state index in [0.29, 0.717) is 23.4 Å². The van der Waals surface area contributed by atoms with Crippen molar-refractivity contribution in [2.24, 2.45) is 0 Å². The number of fused-ring (bicyclic) bond motifs is 7. The molecule has 0 N–H and O–H groups in total. The largest absolute Gasteiger partial charge is 0.436 e. The van der Waals surface area contributed by atoms with Crippen molar-refractivity contribution in [3.8, 4) is 45.6 Å². The van der Waals surface area contributed by atoms with Gasteiger partial charge < -0.3 is 4.42 Å². The topological polar surface area (TPSA) is 64.7 Å². The third-order valence-electron chi connectivity index (χ3n) is 8.94. The van der Waals surface area contributed by atoms with Crippen LogP contribution in [0, 0.1) is 0 Å². The van der Waals surface area contributed by atoms with Gasteiger partial charge in [-0.25, -0.2) is 19.9 Å². The molecule has 0 saturated heterocycles. The van der Waals surface area contributed by atoms with Crippen molar-refractivity contribution in [3.05, 3.63) is 146 Å². The number of thiophene rings is 1. The van der Waals surface area contributed by atoms with Crippen LogP contribution in [-0.2, 0) is 0 Å². The number of oxazole rings is 1. The van der Waals surface area contributed by atoms with Crippen LogP contribution in [0.15, 0.2) is 150 Å². The van der Waals surface area contributed by atoms with E-state index in [1.165, 1.54) is 10.8 Å². The lowest BCUT2D eigenvalue weighted by molar-refractivity contribution is 0.620. The Morgan fingerprint density at radius 1 is 0.438 bits per heavy atom. The van der Waals surface area contributed by atoms with Crippen molar-refractivity contribution in [1.29, 1.82) is 0 Å². The van der Waals surface area contributed by atoms with Gasteiger partial charge >= 0.3 is 0 Å². The zero-order valence-corrected chi connectivity index (χ0v) is 26.3. The molecule has 3 aromatic heterocycles. The quantitative estimate of drug-likeness (QED) is 0.181. The van der Waals surface area contributed by atoms with Gasteiger partial charge in [0.05, 0.1) is 0 Å². The smallest absolute Gasteiger partial charge is 0.227 e. The Morgan fingerprint density at radius 2 is 1.10 bits per heavy atom. The first kappa shape index (κ1) is 26.9. The molecular formula is C42H24N4OS. The highest BCUT2D eigenvalue weighted by Gasteiger charge is 2.20. The monoisotopic (exact) mass is 632 g/mol. The van der Waals surface area contributed by atoms with Crippen LogP contribution in [0.1, 0.15) is 0 Å². The Kier molecular flexibility index (Phi) is 5.98. The van der Waals surface area contributed by atoms with Crippen LogP contribution in [0.5, 0.6) is 0 Å². The molecule has 0 unspecified atom stereocenters. The fourth-order valence-electron chi connectivity index (χ4n) is 6.71. The summed E-state index contributed by atoms with van der Waals surface area (Å²) in [5.74, 6) is 2.52. The maximum Gasteiger partial charge on any atom is 0.227 e. The fraction of sp³-hybridized carbons (Fsp3) is 0. The Balaban J connectivity index is 1.23. The van der Waals surface area contributed by atoms with E-state index in [1.807, 2.05) is 60.7 Å². The number of benzene rings is 7. The zero-order valence-electron chi connectivity index (χ0n) is 25.5. The van der Waals surface area contributed by atoms with E-state index < -0.39 is 0 Å². The Hall–Kier alpha value is -6.24. The summed E-state index contributed by atoms with van der Waals surface area (Å²) >= 11 is 1.74. The third kappa shape index (κ3) is 4.31. The molecule has 7 aromatic carbocycles. The van der Waals surface area contributed by atoms with Crippen LogP contribution >= 0.6 is 11.3 Å². The summed E-state index contributed by atoms with van der Waals surface area (Å²) < 4.78 is 8.51. The van der Waals surface area contributed by atoms with Crippen LogP contribution in [0.3, 0.4) is 0 Å². The molecule has 0 fully saturated rings. The second kappa shape index (κ2) is 10.7. The van der Waals surface area contributed by atoms with Crippen molar-refractivity contribution in [3.63, 3.8) is 0 Å². The number of nitrogens with zero attached hydrogens (tertiary/aromatic N) is 4. The molecule has 3 heterocycles. The van der Waals surface area contributed by atoms with Gasteiger partial charge in [0.2, 0.25) is 5.89 Å². The SMILES string of the molecule is c1ccc(-c2nc(-c3cc4ccccc4c4ccccc34)nc(-c3cccc4sc5cc6oc(-c7ccccc7)nc6cc5c34)n2)cc1. The first-order valence-electron chi connectivity index (χ1n) is 15.8. The Morgan fingerprint density at radius 3 is 1.92 bits per heavy atom. The number of aromatic nitrogens is 4. The minimum Gasteiger partial charge on any atom is -0.436 e. The van der Waals surface area contributed by atoms with E-state index in [-0.39, 0.29) is 0 Å². The second-order valence-corrected chi connectivity index (χ2v) is 12.9. The van der Waals surface area contributed by atoms with Gasteiger partial charge in [0.15, 0.2) is 23.1 Å². The summed E-state index contributed by atoms with van der Waals surface area (Å²) in [6.07, 6.45) is 0. The maximum absolute atomic E-state index is 6.23. The third-order valence-corrected chi connectivity index (χ3v) is 10.1. The molecule has 10 rings (SSSR count). The lowest BCUT2D eigenvalue weighted by Crippen LogP contribution is -2.01. The van der Waals surface area contributed by atoms with Gasteiger partial charge in [-0.15, -0.1) is 11.3 Å². The molecule has 0 atom stereocenters. The highest BCUT2D eigenvalue weighted by atomic mass is 32.1. The normalized spacial score (nSPS) is 11.8. The van der Waals surface area contributed by atoms with Crippen LogP contribution in [-0.4, -0.2) is 19.9 Å². The van der Waals surface area contributed by atoms with Gasteiger partial charge in [-0.2, -0.15) is 0 Å². The van der Waals surface area contributed by atoms with Crippen LogP contribution in [0.2, 0.25) is 0 Å². The lowest BCUT2D eigenvalue weighted by Gasteiger charge is -2.13. The van der Waals surface area contributed by atoms with E-state index in [2.05, 4.69) is 84.9 Å². The van der Waals surface area contributed by atoms with E-state index in [1.54, 1.807) is 11.3 Å². The molecule has 0 saturated carbocycles. The first-order valence-corrected chi connectivity index (χ1v) is 16.6.